The zero-order valence-electron chi connectivity index (χ0n) is 17.6. The Labute approximate surface area is 180 Å². The number of ether oxygens (including phenoxy) is 1. The zero-order valence-corrected chi connectivity index (χ0v) is 17.6. The monoisotopic (exact) mass is 424 g/mol. The summed E-state index contributed by atoms with van der Waals surface area (Å²) in [4.78, 5) is 39.3. The SMILES string of the molecule is CCOC(=O)C1=C(C)N(CC(=O)NCc2ccccc2)C(=O)C[C@H]1c1ccccc1F. The van der Waals surface area contributed by atoms with Crippen molar-refractivity contribution in [3.63, 3.8) is 0 Å². The van der Waals surface area contributed by atoms with Gasteiger partial charge in [-0.15, -0.1) is 0 Å². The molecule has 0 spiro atoms. The van der Waals surface area contributed by atoms with Crippen LogP contribution in [0.15, 0.2) is 65.9 Å². The Morgan fingerprint density at radius 3 is 2.48 bits per heavy atom. The number of carbonyl (C=O) groups is 3. The van der Waals surface area contributed by atoms with Gasteiger partial charge in [-0.1, -0.05) is 48.5 Å². The maximum atomic E-state index is 14.5. The van der Waals surface area contributed by atoms with E-state index in [0.717, 1.165) is 5.56 Å². The summed E-state index contributed by atoms with van der Waals surface area (Å²) in [6.07, 6.45) is -0.127. The summed E-state index contributed by atoms with van der Waals surface area (Å²) in [7, 11) is 0. The molecule has 0 aliphatic carbocycles. The summed E-state index contributed by atoms with van der Waals surface area (Å²) in [5.74, 6) is -2.59. The molecule has 2 amide bonds. The topological polar surface area (TPSA) is 75.7 Å². The summed E-state index contributed by atoms with van der Waals surface area (Å²) in [5.41, 5.74) is 1.69. The van der Waals surface area contributed by atoms with Crippen molar-refractivity contribution < 1.29 is 23.5 Å². The number of hydrogen-bond donors (Lipinski definition) is 1. The highest BCUT2D eigenvalue weighted by atomic mass is 19.1. The van der Waals surface area contributed by atoms with Gasteiger partial charge in [0.25, 0.3) is 0 Å². The number of nitrogens with zero attached hydrogens (tertiary/aromatic N) is 1. The fourth-order valence-electron chi connectivity index (χ4n) is 3.70. The van der Waals surface area contributed by atoms with Crippen molar-refractivity contribution in [1.82, 2.24) is 10.2 Å². The fraction of sp³-hybridized carbons (Fsp3) is 0.292. The van der Waals surface area contributed by atoms with Crippen LogP contribution in [0.2, 0.25) is 0 Å². The second-order valence-electron chi connectivity index (χ2n) is 7.24. The highest BCUT2D eigenvalue weighted by molar-refractivity contribution is 5.97. The maximum Gasteiger partial charge on any atom is 0.336 e. The van der Waals surface area contributed by atoms with Crippen molar-refractivity contribution in [2.45, 2.75) is 32.7 Å². The fourth-order valence-corrected chi connectivity index (χ4v) is 3.70. The molecule has 0 unspecified atom stereocenters. The van der Waals surface area contributed by atoms with Crippen LogP contribution in [0.1, 0.15) is 37.3 Å². The lowest BCUT2D eigenvalue weighted by molar-refractivity contribution is -0.141. The highest BCUT2D eigenvalue weighted by Gasteiger charge is 2.38. The van der Waals surface area contributed by atoms with Crippen LogP contribution in [0.3, 0.4) is 0 Å². The van der Waals surface area contributed by atoms with Gasteiger partial charge < -0.3 is 15.0 Å². The molecule has 1 heterocycles. The second kappa shape index (κ2) is 10.0. The van der Waals surface area contributed by atoms with E-state index >= 15 is 0 Å². The largest absolute Gasteiger partial charge is 0.463 e. The molecule has 7 heteroatoms. The molecule has 0 radical (unpaired) electrons. The van der Waals surface area contributed by atoms with Gasteiger partial charge in [-0.25, -0.2) is 9.18 Å². The Hall–Kier alpha value is -3.48. The molecule has 1 aliphatic rings. The van der Waals surface area contributed by atoms with E-state index in [9.17, 15) is 18.8 Å². The maximum absolute atomic E-state index is 14.5. The Morgan fingerprint density at radius 2 is 1.81 bits per heavy atom. The van der Waals surface area contributed by atoms with Gasteiger partial charge in [0.15, 0.2) is 0 Å². The van der Waals surface area contributed by atoms with E-state index in [1.807, 2.05) is 30.3 Å². The van der Waals surface area contributed by atoms with Crippen LogP contribution in [-0.4, -0.2) is 35.8 Å². The van der Waals surface area contributed by atoms with Crippen LogP contribution in [0, 0.1) is 5.82 Å². The van der Waals surface area contributed by atoms with Gasteiger partial charge in [0.2, 0.25) is 11.8 Å². The number of allylic oxidation sites excluding steroid dienone is 1. The summed E-state index contributed by atoms with van der Waals surface area (Å²) in [6.45, 7) is 3.50. The van der Waals surface area contributed by atoms with Crippen LogP contribution in [0.4, 0.5) is 4.39 Å². The van der Waals surface area contributed by atoms with E-state index in [1.54, 1.807) is 32.0 Å². The number of amides is 2. The molecule has 3 rings (SSSR count). The number of rotatable bonds is 7. The van der Waals surface area contributed by atoms with E-state index < -0.39 is 17.7 Å². The van der Waals surface area contributed by atoms with Crippen LogP contribution < -0.4 is 5.32 Å². The first kappa shape index (κ1) is 22.2. The van der Waals surface area contributed by atoms with Gasteiger partial charge in [-0.2, -0.15) is 0 Å². The summed E-state index contributed by atoms with van der Waals surface area (Å²) in [5, 5.41) is 2.78. The minimum absolute atomic E-state index is 0.127. The first-order valence-electron chi connectivity index (χ1n) is 10.2. The van der Waals surface area contributed by atoms with E-state index in [4.69, 9.17) is 4.74 Å². The smallest absolute Gasteiger partial charge is 0.336 e. The van der Waals surface area contributed by atoms with Crippen LogP contribution in [-0.2, 0) is 25.7 Å². The Kier molecular flexibility index (Phi) is 7.18. The number of esters is 1. The van der Waals surface area contributed by atoms with Crippen molar-refractivity contribution in [3.8, 4) is 0 Å². The van der Waals surface area contributed by atoms with Crippen LogP contribution in [0.5, 0.6) is 0 Å². The predicted octanol–water partition coefficient (Wildman–Crippen LogP) is 3.30. The molecular formula is C24H25FN2O4. The first-order chi connectivity index (χ1) is 14.9. The normalized spacial score (nSPS) is 16.3. The average molecular weight is 424 g/mol. The molecule has 162 valence electrons. The number of hydrogen-bond acceptors (Lipinski definition) is 4. The van der Waals surface area contributed by atoms with Crippen molar-refractivity contribution in [1.29, 1.82) is 0 Å². The van der Waals surface area contributed by atoms with Gasteiger partial charge in [-0.05, 0) is 31.0 Å². The Morgan fingerprint density at radius 1 is 1.13 bits per heavy atom. The lowest BCUT2D eigenvalue weighted by Gasteiger charge is -2.34. The Balaban J connectivity index is 1.85. The third-order valence-corrected chi connectivity index (χ3v) is 5.23. The third kappa shape index (κ3) is 5.17. The van der Waals surface area contributed by atoms with Gasteiger partial charge in [0, 0.05) is 24.6 Å². The molecule has 1 N–H and O–H groups in total. The number of carbonyl (C=O) groups excluding carboxylic acids is 3. The van der Waals surface area contributed by atoms with E-state index in [1.165, 1.54) is 11.0 Å². The Bertz CT molecular complexity index is 1000. The molecule has 0 saturated heterocycles. The molecule has 1 aliphatic heterocycles. The minimum atomic E-state index is -0.767. The van der Waals surface area contributed by atoms with Crippen LogP contribution >= 0.6 is 0 Å². The van der Waals surface area contributed by atoms with Crippen molar-refractivity contribution in [2.75, 3.05) is 13.2 Å². The van der Waals surface area contributed by atoms with Crippen molar-refractivity contribution >= 4 is 17.8 Å². The van der Waals surface area contributed by atoms with Gasteiger partial charge in [0.05, 0.1) is 12.2 Å². The number of halogens is 1. The lowest BCUT2D eigenvalue weighted by Crippen LogP contribution is -2.44. The van der Waals surface area contributed by atoms with E-state index in [-0.39, 0.29) is 42.5 Å². The average Bonchev–Trinajstić information content (AvgIpc) is 2.76. The summed E-state index contributed by atoms with van der Waals surface area (Å²) >= 11 is 0. The molecule has 0 fully saturated rings. The van der Waals surface area contributed by atoms with Crippen LogP contribution in [0.25, 0.3) is 0 Å². The minimum Gasteiger partial charge on any atom is -0.463 e. The van der Waals surface area contributed by atoms with Crippen molar-refractivity contribution in [2.24, 2.45) is 0 Å². The molecule has 6 nitrogen and oxygen atoms in total. The highest BCUT2D eigenvalue weighted by Crippen LogP contribution is 2.37. The summed E-state index contributed by atoms with van der Waals surface area (Å²) in [6, 6.07) is 15.5. The van der Waals surface area contributed by atoms with Gasteiger partial charge >= 0.3 is 5.97 Å². The van der Waals surface area contributed by atoms with Gasteiger partial charge in [0.1, 0.15) is 12.4 Å². The standard InChI is InChI=1S/C24H25FN2O4/c1-3-31-24(30)23-16(2)27(15-21(28)26-14-17-9-5-4-6-10-17)22(29)13-19(23)18-11-7-8-12-20(18)25/h4-12,19H,3,13-15H2,1-2H3,(H,26,28)/t19-/m0/s1. The quantitative estimate of drug-likeness (QED) is 0.692. The van der Waals surface area contributed by atoms with E-state index in [2.05, 4.69) is 5.32 Å². The lowest BCUT2D eigenvalue weighted by atomic mass is 9.83. The predicted molar refractivity (Wildman–Crippen MR) is 113 cm³/mol. The molecule has 0 bridgehead atoms. The van der Waals surface area contributed by atoms with Gasteiger partial charge in [-0.3, -0.25) is 9.59 Å². The number of benzene rings is 2. The molecule has 2 aromatic carbocycles. The molecular weight excluding hydrogens is 399 g/mol. The van der Waals surface area contributed by atoms with Crippen molar-refractivity contribution in [3.05, 3.63) is 82.8 Å². The third-order valence-electron chi connectivity index (χ3n) is 5.23. The molecule has 31 heavy (non-hydrogen) atoms. The van der Waals surface area contributed by atoms with E-state index in [0.29, 0.717) is 12.2 Å². The summed E-state index contributed by atoms with van der Waals surface area (Å²) < 4.78 is 19.6. The molecule has 2 aromatic rings. The second-order valence-corrected chi connectivity index (χ2v) is 7.24. The molecule has 0 aromatic heterocycles. The number of nitrogens with one attached hydrogen (secondary N) is 1. The zero-order chi connectivity index (χ0) is 22.4. The molecule has 0 saturated carbocycles. The first-order valence-corrected chi connectivity index (χ1v) is 10.2. The molecule has 1 atom stereocenters.